The first-order valence-electron chi connectivity index (χ1n) is 17.5. The summed E-state index contributed by atoms with van der Waals surface area (Å²) in [5, 5.41) is 9.13. The largest absolute Gasteiger partial charge is 0.494 e. The number of nitrogens with one attached hydrogen (secondary N) is 2. The minimum atomic E-state index is -3.79. The van der Waals surface area contributed by atoms with Gasteiger partial charge in [-0.25, -0.2) is 18.8 Å². The topological polar surface area (TPSA) is 126 Å². The van der Waals surface area contributed by atoms with E-state index in [0.717, 1.165) is 24.0 Å². The van der Waals surface area contributed by atoms with Crippen molar-refractivity contribution in [1.29, 1.82) is 0 Å². The lowest BCUT2D eigenvalue weighted by Crippen LogP contribution is -2.55. The molecule has 3 N–H and O–H groups in total. The van der Waals surface area contributed by atoms with Gasteiger partial charge >= 0.3 is 0 Å². The molecule has 0 fully saturated rings. The fourth-order valence-electron chi connectivity index (χ4n) is 6.82. The van der Waals surface area contributed by atoms with Crippen LogP contribution in [0.15, 0.2) is 143 Å². The summed E-state index contributed by atoms with van der Waals surface area (Å²) in [5.74, 6) is 0.0151. The number of hydrogen-bond donors (Lipinski definition) is 3. The van der Waals surface area contributed by atoms with Crippen LogP contribution >= 0.6 is 0 Å². The monoisotopic (exact) mass is 715 g/mol. The van der Waals surface area contributed by atoms with E-state index in [1.807, 2.05) is 66.7 Å². The molecule has 5 aromatic carbocycles. The lowest BCUT2D eigenvalue weighted by Gasteiger charge is -2.31. The van der Waals surface area contributed by atoms with E-state index in [0.29, 0.717) is 29.9 Å². The number of benzene rings is 5. The van der Waals surface area contributed by atoms with Crippen LogP contribution in [0.4, 0.5) is 0 Å². The maximum atomic E-state index is 14.7. The number of amides is 1. The third kappa shape index (κ3) is 7.64. The van der Waals surface area contributed by atoms with Crippen LogP contribution in [0.1, 0.15) is 41.2 Å². The van der Waals surface area contributed by atoms with Crippen LogP contribution in [0.2, 0.25) is 0 Å². The molecule has 0 unspecified atom stereocenters. The second kappa shape index (κ2) is 15.5. The van der Waals surface area contributed by atoms with Gasteiger partial charge in [0.25, 0.3) is 5.91 Å². The summed E-state index contributed by atoms with van der Waals surface area (Å²) in [7, 11) is -3.79. The van der Waals surface area contributed by atoms with Crippen molar-refractivity contribution in [3.8, 4) is 16.9 Å². The number of aliphatic hydroxyl groups excluding tert-OH is 1. The molecule has 0 aromatic heterocycles. The zero-order chi connectivity index (χ0) is 36.0. The molecular formula is C42H41N3O6S. The van der Waals surface area contributed by atoms with Gasteiger partial charge in [-0.1, -0.05) is 97.1 Å². The molecule has 0 spiro atoms. The fourth-order valence-corrected chi connectivity index (χ4v) is 8.21. The van der Waals surface area contributed by atoms with E-state index in [4.69, 9.17) is 19.6 Å². The first-order chi connectivity index (χ1) is 25.3. The Balaban J connectivity index is 1.25. The van der Waals surface area contributed by atoms with E-state index in [1.165, 1.54) is 11.1 Å². The Hall–Kier alpha value is -5.29. The second-order valence-corrected chi connectivity index (χ2v) is 15.2. The molecule has 266 valence electrons. The number of aliphatic hydroxyl groups is 1. The molecule has 10 heteroatoms. The lowest BCUT2D eigenvalue weighted by molar-refractivity contribution is -0.130. The molecule has 0 saturated carbocycles. The molecule has 7 rings (SSSR count). The smallest absolute Gasteiger partial charge is 0.266 e. The summed E-state index contributed by atoms with van der Waals surface area (Å²) in [6.07, 6.45) is 0.912. The molecule has 0 radical (unpaired) electrons. The molecule has 1 amide bonds. The Labute approximate surface area is 304 Å². The lowest BCUT2D eigenvalue weighted by atomic mass is 9.84. The van der Waals surface area contributed by atoms with E-state index < -0.39 is 27.4 Å². The van der Waals surface area contributed by atoms with E-state index in [1.54, 1.807) is 54.6 Å². The minimum absolute atomic E-state index is 0.0309. The van der Waals surface area contributed by atoms with Gasteiger partial charge in [0.15, 0.2) is 21.5 Å². The Morgan fingerprint density at radius 3 is 2.04 bits per heavy atom. The van der Waals surface area contributed by atoms with Gasteiger partial charge < -0.3 is 14.6 Å². The highest BCUT2D eigenvalue weighted by atomic mass is 32.2. The molecule has 0 bridgehead atoms. The third-order valence-electron chi connectivity index (χ3n) is 9.65. The molecule has 52 heavy (non-hydrogen) atoms. The van der Waals surface area contributed by atoms with Gasteiger partial charge in [0.2, 0.25) is 5.90 Å². The van der Waals surface area contributed by atoms with Crippen molar-refractivity contribution < 1.29 is 27.8 Å². The van der Waals surface area contributed by atoms with Crippen molar-refractivity contribution in [2.45, 2.75) is 48.3 Å². The Morgan fingerprint density at radius 1 is 0.788 bits per heavy atom. The normalized spacial score (nSPS) is 18.3. The average molecular weight is 716 g/mol. The number of sulfone groups is 1. The van der Waals surface area contributed by atoms with Crippen molar-refractivity contribution in [1.82, 2.24) is 10.9 Å². The summed E-state index contributed by atoms with van der Waals surface area (Å²) in [6, 6.07) is 41.3. The maximum Gasteiger partial charge on any atom is 0.266 e. The molecule has 1 aliphatic heterocycles. The Kier molecular flexibility index (Phi) is 10.5. The number of carbonyl (C=O) groups is 1. The van der Waals surface area contributed by atoms with E-state index in [9.17, 15) is 13.2 Å². The molecule has 9 nitrogen and oxygen atoms in total. The Bertz CT molecular complexity index is 2100. The van der Waals surface area contributed by atoms with Crippen LogP contribution in [0, 0.1) is 0 Å². The van der Waals surface area contributed by atoms with E-state index in [2.05, 4.69) is 23.0 Å². The minimum Gasteiger partial charge on any atom is -0.494 e. The molecule has 2 aliphatic rings. The van der Waals surface area contributed by atoms with Crippen LogP contribution in [0.25, 0.3) is 11.1 Å². The van der Waals surface area contributed by atoms with Crippen LogP contribution < -0.4 is 15.6 Å². The number of hydrogen-bond acceptors (Lipinski definition) is 8. The predicted molar refractivity (Wildman–Crippen MR) is 201 cm³/mol. The van der Waals surface area contributed by atoms with Gasteiger partial charge in [-0.3, -0.25) is 10.2 Å². The second-order valence-electron chi connectivity index (χ2n) is 13.1. The number of fused-ring (bicyclic) bond motifs is 1. The number of hydrazine groups is 1. The van der Waals surface area contributed by atoms with Crippen molar-refractivity contribution >= 4 is 21.6 Å². The standard InChI is InChI=1S/C42H41N3O6S/c46-25-9-26-50-37-22-20-33(21-23-37)40-43-42(24-27-52(48,49)38-14-5-2-6-15-38,41(47)45-44-36-28-34-12-7-8-13-35(34)29-36)39(51-40)32-18-16-31(17-19-32)30-10-3-1-4-11-30/h1-8,10-23,36,39,44,46H,9,24-29H2,(H,45,47)/t39-,42-/m0/s1. The van der Waals surface area contributed by atoms with E-state index >= 15 is 0 Å². The van der Waals surface area contributed by atoms with Crippen LogP contribution in [0.3, 0.4) is 0 Å². The van der Waals surface area contributed by atoms with Gasteiger partial charge in [0, 0.05) is 31.1 Å². The highest BCUT2D eigenvalue weighted by molar-refractivity contribution is 7.91. The van der Waals surface area contributed by atoms with Gasteiger partial charge in [-0.15, -0.1) is 0 Å². The SMILES string of the molecule is O=C(NNC1Cc2ccccc2C1)[C@@]1(CCS(=O)(=O)c2ccccc2)N=C(c2ccc(OCCCO)cc2)O[C@H]1c1ccc(-c2ccccc2)cc1. The summed E-state index contributed by atoms with van der Waals surface area (Å²) < 4.78 is 39.8. The first kappa shape index (κ1) is 35.1. The van der Waals surface area contributed by atoms with Crippen molar-refractivity contribution in [3.05, 3.63) is 156 Å². The molecule has 5 aromatic rings. The number of ether oxygens (including phenoxy) is 2. The summed E-state index contributed by atoms with van der Waals surface area (Å²) in [4.78, 5) is 19.9. The molecular weight excluding hydrogens is 675 g/mol. The first-order valence-corrected chi connectivity index (χ1v) is 19.2. The molecule has 0 saturated heterocycles. The summed E-state index contributed by atoms with van der Waals surface area (Å²) in [6.45, 7) is 0.399. The predicted octanol–water partition coefficient (Wildman–Crippen LogP) is 6.02. The maximum absolute atomic E-state index is 14.7. The average Bonchev–Trinajstić information content (AvgIpc) is 3.80. The number of rotatable bonds is 14. The van der Waals surface area contributed by atoms with Crippen molar-refractivity contribution in [3.63, 3.8) is 0 Å². The molecule has 2 atom stereocenters. The summed E-state index contributed by atoms with van der Waals surface area (Å²) in [5.41, 5.74) is 10.3. The van der Waals surface area contributed by atoms with E-state index in [-0.39, 0.29) is 35.6 Å². The van der Waals surface area contributed by atoms with Crippen LogP contribution in [-0.2, 0) is 32.2 Å². The van der Waals surface area contributed by atoms with Crippen molar-refractivity contribution in [2.24, 2.45) is 4.99 Å². The highest BCUT2D eigenvalue weighted by Gasteiger charge is 2.54. The fraction of sp³-hybridized carbons (Fsp3) is 0.238. The number of aliphatic imine (C=N–C) groups is 1. The number of nitrogens with zero attached hydrogens (tertiary/aromatic N) is 1. The zero-order valence-corrected chi connectivity index (χ0v) is 29.5. The molecule has 1 heterocycles. The van der Waals surface area contributed by atoms with Crippen molar-refractivity contribution in [2.75, 3.05) is 19.0 Å². The van der Waals surface area contributed by atoms with Gasteiger partial charge in [0.05, 0.1) is 17.3 Å². The number of carbonyl (C=O) groups excluding carboxylic acids is 1. The quantitative estimate of drug-likeness (QED) is 0.0948. The van der Waals surface area contributed by atoms with Gasteiger partial charge in [0.1, 0.15) is 5.75 Å². The van der Waals surface area contributed by atoms with Gasteiger partial charge in [-0.05, 0) is 77.1 Å². The van der Waals surface area contributed by atoms with Crippen LogP contribution in [0.5, 0.6) is 5.75 Å². The zero-order valence-electron chi connectivity index (χ0n) is 28.7. The summed E-state index contributed by atoms with van der Waals surface area (Å²) >= 11 is 0. The highest BCUT2D eigenvalue weighted by Crippen LogP contribution is 2.43. The van der Waals surface area contributed by atoms with Gasteiger partial charge in [-0.2, -0.15) is 0 Å². The molecule has 1 aliphatic carbocycles. The van der Waals surface area contributed by atoms with Crippen LogP contribution in [-0.4, -0.2) is 55.9 Å². The Morgan fingerprint density at radius 2 is 1.38 bits per heavy atom. The third-order valence-corrected chi connectivity index (χ3v) is 11.4.